The minimum Gasteiger partial charge on any atom is -0.508 e. The summed E-state index contributed by atoms with van der Waals surface area (Å²) in [5.74, 6) is -1.21. The van der Waals surface area contributed by atoms with Gasteiger partial charge in [0.05, 0.1) is 16.9 Å². The lowest BCUT2D eigenvalue weighted by Crippen LogP contribution is -2.31. The van der Waals surface area contributed by atoms with E-state index in [0.717, 1.165) is 0 Å². The van der Waals surface area contributed by atoms with Crippen molar-refractivity contribution >= 4 is 23.3 Å². The van der Waals surface area contributed by atoms with Crippen molar-refractivity contribution in [2.24, 2.45) is 0 Å². The molecule has 0 bridgehead atoms. The molecule has 23 heavy (non-hydrogen) atoms. The highest BCUT2D eigenvalue weighted by molar-refractivity contribution is 5.97. The highest BCUT2D eigenvalue weighted by atomic mass is 16.5. The molecule has 2 aromatic rings. The zero-order valence-corrected chi connectivity index (χ0v) is 12.4. The number of nitrogens with zero attached hydrogens (tertiary/aromatic N) is 1. The molecule has 0 radical (unpaired) electrons. The molecule has 0 saturated heterocycles. The van der Waals surface area contributed by atoms with Gasteiger partial charge < -0.3 is 25.6 Å². The Labute approximate surface area is 132 Å². The number of amides is 1. The fraction of sp³-hybridized carbons (Fsp3) is 0.125. The molecule has 0 spiro atoms. The van der Waals surface area contributed by atoms with Crippen LogP contribution in [0, 0.1) is 0 Å². The van der Waals surface area contributed by atoms with Crippen molar-refractivity contribution in [1.29, 1.82) is 0 Å². The van der Waals surface area contributed by atoms with Crippen LogP contribution >= 0.6 is 0 Å². The van der Waals surface area contributed by atoms with E-state index < -0.39 is 11.9 Å². The molecule has 0 aliphatic heterocycles. The second kappa shape index (κ2) is 6.69. The zero-order valence-electron chi connectivity index (χ0n) is 12.4. The molecular weight excluding hydrogens is 300 g/mol. The van der Waals surface area contributed by atoms with Gasteiger partial charge in [0.25, 0.3) is 5.91 Å². The lowest BCUT2D eigenvalue weighted by atomic mass is 10.2. The lowest BCUT2D eigenvalue weighted by Gasteiger charge is -2.19. The predicted octanol–water partition coefficient (Wildman–Crippen LogP) is 1.71. The van der Waals surface area contributed by atoms with E-state index in [1.165, 1.54) is 48.3 Å². The maximum atomic E-state index is 12.1. The predicted molar refractivity (Wildman–Crippen MR) is 84.8 cm³/mol. The van der Waals surface area contributed by atoms with Crippen LogP contribution in [0.4, 0.5) is 11.4 Å². The van der Waals surface area contributed by atoms with E-state index in [1.807, 2.05) is 0 Å². The Morgan fingerprint density at radius 3 is 2.65 bits per heavy atom. The largest absolute Gasteiger partial charge is 0.508 e. The summed E-state index contributed by atoms with van der Waals surface area (Å²) in [6.07, 6.45) is 0. The molecule has 0 aliphatic rings. The third-order valence-electron chi connectivity index (χ3n) is 3.19. The summed E-state index contributed by atoms with van der Waals surface area (Å²) in [5, 5.41) is 18.4. The van der Waals surface area contributed by atoms with Crippen LogP contribution in [0.2, 0.25) is 0 Å². The summed E-state index contributed by atoms with van der Waals surface area (Å²) in [6, 6.07) is 10.1. The first-order valence-corrected chi connectivity index (χ1v) is 6.69. The van der Waals surface area contributed by atoms with Crippen molar-refractivity contribution in [3.05, 3.63) is 48.0 Å². The Morgan fingerprint density at radius 1 is 1.22 bits per heavy atom. The molecule has 4 N–H and O–H groups in total. The van der Waals surface area contributed by atoms with E-state index in [1.54, 1.807) is 6.07 Å². The van der Waals surface area contributed by atoms with Gasteiger partial charge in [-0.15, -0.1) is 0 Å². The smallest absolute Gasteiger partial charge is 0.335 e. The number of carbonyl (C=O) groups excluding carboxylic acids is 1. The van der Waals surface area contributed by atoms with Gasteiger partial charge in [0.1, 0.15) is 11.5 Å². The van der Waals surface area contributed by atoms with E-state index in [0.29, 0.717) is 11.4 Å². The first-order valence-electron chi connectivity index (χ1n) is 6.69. The van der Waals surface area contributed by atoms with Gasteiger partial charge in [0, 0.05) is 13.1 Å². The molecule has 0 fully saturated rings. The Morgan fingerprint density at radius 2 is 1.96 bits per heavy atom. The third kappa shape index (κ3) is 3.91. The first kappa shape index (κ1) is 16.2. The van der Waals surface area contributed by atoms with Crippen LogP contribution in [-0.4, -0.2) is 35.7 Å². The van der Waals surface area contributed by atoms with Crippen LogP contribution in [0.25, 0.3) is 0 Å². The number of phenols is 1. The maximum absolute atomic E-state index is 12.1. The number of aromatic hydroxyl groups is 1. The van der Waals surface area contributed by atoms with Crippen LogP contribution < -0.4 is 15.4 Å². The van der Waals surface area contributed by atoms with Crippen LogP contribution in [0.1, 0.15) is 10.4 Å². The fourth-order valence-electron chi connectivity index (χ4n) is 1.92. The van der Waals surface area contributed by atoms with E-state index >= 15 is 0 Å². The Bertz CT molecular complexity index is 745. The Hall–Kier alpha value is -3.22. The van der Waals surface area contributed by atoms with Gasteiger partial charge in [-0.25, -0.2) is 4.79 Å². The average molecular weight is 316 g/mol. The molecule has 7 heteroatoms. The van der Waals surface area contributed by atoms with Crippen LogP contribution in [0.15, 0.2) is 42.5 Å². The number of benzene rings is 2. The van der Waals surface area contributed by atoms with Crippen molar-refractivity contribution in [1.82, 2.24) is 0 Å². The van der Waals surface area contributed by atoms with Crippen molar-refractivity contribution in [3.63, 3.8) is 0 Å². The quantitative estimate of drug-likeness (QED) is 0.572. The van der Waals surface area contributed by atoms with E-state index in [-0.39, 0.29) is 23.7 Å². The summed E-state index contributed by atoms with van der Waals surface area (Å²) in [5.41, 5.74) is 6.55. The molecule has 0 atom stereocenters. The number of carbonyl (C=O) groups is 2. The maximum Gasteiger partial charge on any atom is 0.335 e. The van der Waals surface area contributed by atoms with E-state index in [4.69, 9.17) is 15.6 Å². The van der Waals surface area contributed by atoms with Crippen molar-refractivity contribution < 1.29 is 24.5 Å². The van der Waals surface area contributed by atoms with Crippen LogP contribution in [-0.2, 0) is 4.79 Å². The summed E-state index contributed by atoms with van der Waals surface area (Å²) in [7, 11) is 1.50. The number of aromatic carboxylic acids is 1. The summed E-state index contributed by atoms with van der Waals surface area (Å²) in [4.78, 5) is 24.3. The van der Waals surface area contributed by atoms with Gasteiger partial charge in [0.15, 0.2) is 6.61 Å². The molecule has 0 heterocycles. The van der Waals surface area contributed by atoms with Gasteiger partial charge in [-0.2, -0.15) is 0 Å². The number of hydrogen-bond donors (Lipinski definition) is 3. The van der Waals surface area contributed by atoms with Gasteiger partial charge in [-0.3, -0.25) is 4.79 Å². The number of nitrogens with two attached hydrogens (primary N) is 1. The van der Waals surface area contributed by atoms with Gasteiger partial charge in [-0.05, 0) is 30.3 Å². The molecule has 0 unspecified atom stereocenters. The number of carboxylic acid groups (broad SMARTS) is 1. The molecule has 0 aliphatic carbocycles. The number of nitrogen functional groups attached to an aromatic ring is 1. The second-order valence-electron chi connectivity index (χ2n) is 4.82. The molecule has 1 amide bonds. The molecule has 2 aromatic carbocycles. The molecule has 7 nitrogen and oxygen atoms in total. The summed E-state index contributed by atoms with van der Waals surface area (Å²) >= 11 is 0. The standard InChI is InChI=1S/C16H16N2O5/c1-18(14-8-11(19)5-6-13(14)17)15(20)9-23-12-4-2-3-10(7-12)16(21)22/h2-8,19H,9,17H2,1H3,(H,21,22). The number of likely N-dealkylation sites (N-methyl/N-ethyl adjacent to an activating group) is 1. The van der Waals surface area contributed by atoms with Gasteiger partial charge in [-0.1, -0.05) is 6.07 Å². The number of rotatable bonds is 5. The number of hydrogen-bond acceptors (Lipinski definition) is 5. The van der Waals surface area contributed by atoms with E-state index in [9.17, 15) is 14.7 Å². The minimum absolute atomic E-state index is 0.0103. The molecule has 2 rings (SSSR count). The summed E-state index contributed by atoms with van der Waals surface area (Å²) in [6.45, 7) is -0.297. The normalized spacial score (nSPS) is 10.1. The second-order valence-corrected chi connectivity index (χ2v) is 4.82. The molecule has 120 valence electrons. The van der Waals surface area contributed by atoms with Gasteiger partial charge in [0.2, 0.25) is 0 Å². The number of ether oxygens (including phenoxy) is 1. The number of phenolic OH excluding ortho intramolecular Hbond substituents is 1. The average Bonchev–Trinajstić information content (AvgIpc) is 2.54. The fourth-order valence-corrected chi connectivity index (χ4v) is 1.92. The summed E-state index contributed by atoms with van der Waals surface area (Å²) < 4.78 is 5.31. The van der Waals surface area contributed by atoms with Crippen LogP contribution in [0.3, 0.4) is 0 Å². The zero-order chi connectivity index (χ0) is 17.0. The highest BCUT2D eigenvalue weighted by Gasteiger charge is 2.15. The minimum atomic E-state index is -1.08. The molecule has 0 saturated carbocycles. The van der Waals surface area contributed by atoms with Crippen molar-refractivity contribution in [2.75, 3.05) is 24.3 Å². The van der Waals surface area contributed by atoms with Crippen molar-refractivity contribution in [2.45, 2.75) is 0 Å². The lowest BCUT2D eigenvalue weighted by molar-refractivity contribution is -0.120. The molecule has 0 aromatic heterocycles. The topological polar surface area (TPSA) is 113 Å². The van der Waals surface area contributed by atoms with Gasteiger partial charge >= 0.3 is 5.97 Å². The molecular formula is C16H16N2O5. The van der Waals surface area contributed by atoms with E-state index in [2.05, 4.69) is 0 Å². The SMILES string of the molecule is CN(C(=O)COc1cccc(C(=O)O)c1)c1cc(O)ccc1N. The van der Waals surface area contributed by atoms with Crippen LogP contribution in [0.5, 0.6) is 11.5 Å². The first-order chi connectivity index (χ1) is 10.9. The highest BCUT2D eigenvalue weighted by Crippen LogP contribution is 2.26. The number of carboxylic acids is 1. The van der Waals surface area contributed by atoms with Crippen molar-refractivity contribution in [3.8, 4) is 11.5 Å². The number of anilines is 2. The monoisotopic (exact) mass is 316 g/mol. The third-order valence-corrected chi connectivity index (χ3v) is 3.19. The Balaban J connectivity index is 2.06. The Kier molecular flexibility index (Phi) is 4.70.